The molecule has 106 valence electrons. The molecule has 6 heteroatoms. The van der Waals surface area contributed by atoms with E-state index in [9.17, 15) is 9.59 Å². The molecule has 5 nitrogen and oxygen atoms in total. The van der Waals surface area contributed by atoms with Gasteiger partial charge in [-0.05, 0) is 48.5 Å². The molecule has 2 aromatic carbocycles. The van der Waals surface area contributed by atoms with Crippen LogP contribution in [0.25, 0.3) is 0 Å². The van der Waals surface area contributed by atoms with Crippen molar-refractivity contribution in [2.24, 2.45) is 0 Å². The lowest BCUT2D eigenvalue weighted by Gasteiger charge is -2.17. The van der Waals surface area contributed by atoms with E-state index < -0.39 is 0 Å². The van der Waals surface area contributed by atoms with E-state index in [1.807, 2.05) is 0 Å². The maximum Gasteiger partial charge on any atom is 0.336 e. The summed E-state index contributed by atoms with van der Waals surface area (Å²) in [7, 11) is 0. The van der Waals surface area contributed by atoms with Crippen molar-refractivity contribution < 1.29 is 9.59 Å². The molecule has 2 aromatic rings. The van der Waals surface area contributed by atoms with Crippen molar-refractivity contribution in [3.63, 3.8) is 0 Å². The van der Waals surface area contributed by atoms with Gasteiger partial charge in [0.1, 0.15) is 6.54 Å². The molecule has 3 amide bonds. The maximum atomic E-state index is 12.5. The molecule has 3 rings (SSSR count). The number of nitrogens with two attached hydrogens (primary N) is 1. The molecule has 2 N–H and O–H groups in total. The molecule has 1 heterocycles. The molecule has 0 atom stereocenters. The van der Waals surface area contributed by atoms with Crippen molar-refractivity contribution in [3.8, 4) is 0 Å². The normalized spacial score (nSPS) is 14.9. The first-order valence-electron chi connectivity index (χ1n) is 6.32. The van der Waals surface area contributed by atoms with E-state index >= 15 is 0 Å². The number of anilines is 3. The molecule has 21 heavy (non-hydrogen) atoms. The summed E-state index contributed by atoms with van der Waals surface area (Å²) in [5.74, 6) is -0.278. The number of carbonyl (C=O) groups excluding carboxylic acids is 2. The quantitative estimate of drug-likeness (QED) is 0.685. The first kappa shape index (κ1) is 13.5. The van der Waals surface area contributed by atoms with Crippen LogP contribution in [0.5, 0.6) is 0 Å². The fourth-order valence-electron chi connectivity index (χ4n) is 2.20. The van der Waals surface area contributed by atoms with Crippen LogP contribution in [0.1, 0.15) is 0 Å². The molecule has 0 radical (unpaired) electrons. The Labute approximate surface area is 126 Å². The summed E-state index contributed by atoms with van der Waals surface area (Å²) in [5.41, 5.74) is 7.34. The van der Waals surface area contributed by atoms with Crippen molar-refractivity contribution in [2.75, 3.05) is 22.1 Å². The van der Waals surface area contributed by atoms with Gasteiger partial charge >= 0.3 is 6.03 Å². The van der Waals surface area contributed by atoms with Gasteiger partial charge in [0, 0.05) is 16.4 Å². The predicted molar refractivity (Wildman–Crippen MR) is 82.5 cm³/mol. The molecule has 0 aromatic heterocycles. The fraction of sp³-hybridized carbons (Fsp3) is 0.0667. The van der Waals surface area contributed by atoms with Crippen LogP contribution in [0.15, 0.2) is 48.5 Å². The largest absolute Gasteiger partial charge is 0.399 e. The Morgan fingerprint density at radius 2 is 1.48 bits per heavy atom. The van der Waals surface area contributed by atoms with Gasteiger partial charge in [0.05, 0.1) is 5.69 Å². The number of imide groups is 1. The second kappa shape index (κ2) is 5.10. The van der Waals surface area contributed by atoms with Gasteiger partial charge in [-0.15, -0.1) is 0 Å². The van der Waals surface area contributed by atoms with E-state index in [1.54, 1.807) is 48.5 Å². The Hall–Kier alpha value is -2.53. The second-order valence-electron chi connectivity index (χ2n) is 4.67. The van der Waals surface area contributed by atoms with Crippen molar-refractivity contribution in [2.45, 2.75) is 0 Å². The number of halogens is 1. The van der Waals surface area contributed by atoms with Gasteiger partial charge in [-0.1, -0.05) is 11.6 Å². The van der Waals surface area contributed by atoms with Crippen molar-refractivity contribution >= 4 is 40.6 Å². The number of rotatable bonds is 2. The Bertz CT molecular complexity index is 698. The number of nitrogens with zero attached hydrogens (tertiary/aromatic N) is 2. The summed E-state index contributed by atoms with van der Waals surface area (Å²) in [6.45, 7) is 0.00480. The van der Waals surface area contributed by atoms with Crippen molar-refractivity contribution in [3.05, 3.63) is 53.6 Å². The maximum absolute atomic E-state index is 12.5. The van der Waals surface area contributed by atoms with Crippen molar-refractivity contribution in [1.82, 2.24) is 0 Å². The van der Waals surface area contributed by atoms with Crippen LogP contribution in [-0.4, -0.2) is 18.5 Å². The number of nitrogen functional groups attached to an aromatic ring is 1. The fourth-order valence-corrected chi connectivity index (χ4v) is 2.33. The Kier molecular flexibility index (Phi) is 3.27. The Balaban J connectivity index is 1.92. The highest BCUT2D eigenvalue weighted by atomic mass is 35.5. The number of benzene rings is 2. The highest BCUT2D eigenvalue weighted by molar-refractivity contribution is 6.31. The summed E-state index contributed by atoms with van der Waals surface area (Å²) in [4.78, 5) is 27.1. The molecule has 0 spiro atoms. The van der Waals surface area contributed by atoms with Crippen LogP contribution in [0, 0.1) is 0 Å². The average Bonchev–Trinajstić information content (AvgIpc) is 2.76. The minimum atomic E-state index is -0.382. The summed E-state index contributed by atoms with van der Waals surface area (Å²) < 4.78 is 0. The molecule has 1 saturated heterocycles. The molecule has 0 bridgehead atoms. The number of hydrogen-bond donors (Lipinski definition) is 1. The van der Waals surface area contributed by atoms with Crippen LogP contribution in [0.3, 0.4) is 0 Å². The average molecular weight is 302 g/mol. The zero-order valence-corrected chi connectivity index (χ0v) is 11.7. The van der Waals surface area contributed by atoms with E-state index in [4.69, 9.17) is 17.3 Å². The molecular weight excluding hydrogens is 290 g/mol. The highest BCUT2D eigenvalue weighted by Crippen LogP contribution is 2.27. The van der Waals surface area contributed by atoms with Gasteiger partial charge in [-0.25, -0.2) is 9.69 Å². The van der Waals surface area contributed by atoms with Crippen LogP contribution in [0.2, 0.25) is 5.02 Å². The van der Waals surface area contributed by atoms with E-state index in [0.717, 1.165) is 4.90 Å². The minimum Gasteiger partial charge on any atom is -0.399 e. The van der Waals surface area contributed by atoms with E-state index in [0.29, 0.717) is 22.1 Å². The van der Waals surface area contributed by atoms with E-state index in [1.165, 1.54) is 4.90 Å². The third-order valence-corrected chi connectivity index (χ3v) is 3.51. The molecule has 1 fully saturated rings. The first-order valence-corrected chi connectivity index (χ1v) is 6.69. The van der Waals surface area contributed by atoms with Crippen LogP contribution >= 0.6 is 11.6 Å². The third-order valence-electron chi connectivity index (χ3n) is 3.25. The molecule has 1 aliphatic heterocycles. The monoisotopic (exact) mass is 301 g/mol. The smallest absolute Gasteiger partial charge is 0.336 e. The lowest BCUT2D eigenvalue weighted by Crippen LogP contribution is -2.32. The zero-order valence-electron chi connectivity index (χ0n) is 11.0. The van der Waals surface area contributed by atoms with E-state index in [2.05, 4.69) is 0 Å². The summed E-state index contributed by atoms with van der Waals surface area (Å²) >= 11 is 5.83. The third kappa shape index (κ3) is 2.43. The molecular formula is C15H12ClN3O2. The van der Waals surface area contributed by atoms with Crippen LogP contribution < -0.4 is 15.5 Å². The van der Waals surface area contributed by atoms with Gasteiger partial charge in [-0.2, -0.15) is 0 Å². The summed E-state index contributed by atoms with van der Waals surface area (Å²) in [6.07, 6.45) is 0. The summed E-state index contributed by atoms with van der Waals surface area (Å²) in [6, 6.07) is 13.0. The standard InChI is InChI=1S/C15H12ClN3O2/c16-10-1-5-12(6-2-10)18-9-14(20)19(15(18)21)13-7-3-11(17)4-8-13/h1-8H,9,17H2. The Morgan fingerprint density at radius 1 is 0.905 bits per heavy atom. The molecule has 0 saturated carbocycles. The first-order chi connectivity index (χ1) is 10.1. The number of urea groups is 1. The SMILES string of the molecule is Nc1ccc(N2C(=O)CN(c3ccc(Cl)cc3)C2=O)cc1. The van der Waals surface area contributed by atoms with Gasteiger partial charge in [0.2, 0.25) is 0 Å². The van der Waals surface area contributed by atoms with Gasteiger partial charge in [0.25, 0.3) is 5.91 Å². The highest BCUT2D eigenvalue weighted by Gasteiger charge is 2.37. The lowest BCUT2D eigenvalue weighted by molar-refractivity contribution is -0.115. The topological polar surface area (TPSA) is 66.6 Å². The summed E-state index contributed by atoms with van der Waals surface area (Å²) in [5, 5.41) is 0.576. The van der Waals surface area contributed by atoms with Crippen LogP contribution in [-0.2, 0) is 4.79 Å². The molecule has 1 aliphatic rings. The number of hydrogen-bond acceptors (Lipinski definition) is 3. The predicted octanol–water partition coefficient (Wildman–Crippen LogP) is 2.90. The Morgan fingerprint density at radius 3 is 2.10 bits per heavy atom. The molecule has 0 aliphatic carbocycles. The van der Waals surface area contributed by atoms with Crippen LogP contribution in [0.4, 0.5) is 21.9 Å². The van der Waals surface area contributed by atoms with Gasteiger partial charge in [0.15, 0.2) is 0 Å². The second-order valence-corrected chi connectivity index (χ2v) is 5.10. The van der Waals surface area contributed by atoms with E-state index in [-0.39, 0.29) is 18.5 Å². The number of amides is 3. The molecule has 0 unspecified atom stereocenters. The van der Waals surface area contributed by atoms with Gasteiger partial charge < -0.3 is 5.73 Å². The zero-order chi connectivity index (χ0) is 15.0. The minimum absolute atomic E-state index is 0.00480. The van der Waals surface area contributed by atoms with Crippen molar-refractivity contribution in [1.29, 1.82) is 0 Å². The van der Waals surface area contributed by atoms with Gasteiger partial charge in [-0.3, -0.25) is 9.69 Å². The number of carbonyl (C=O) groups is 2. The lowest BCUT2D eigenvalue weighted by atomic mass is 10.2.